The third-order valence-corrected chi connectivity index (χ3v) is 2.69. The maximum absolute atomic E-state index is 9.23. The van der Waals surface area contributed by atoms with Gasteiger partial charge in [0, 0.05) is 6.20 Å². The van der Waals surface area contributed by atoms with E-state index >= 15 is 0 Å². The zero-order valence-corrected chi connectivity index (χ0v) is 9.67. The molecule has 1 atom stereocenters. The van der Waals surface area contributed by atoms with Gasteiger partial charge in [0.15, 0.2) is 0 Å². The third-order valence-electron chi connectivity index (χ3n) is 2.69. The van der Waals surface area contributed by atoms with E-state index in [2.05, 4.69) is 15.3 Å². The molecular weight excluding hydrogens is 214 g/mol. The molecule has 0 fully saturated rings. The number of likely N-dealkylation sites (N-methyl/N-ethyl adjacent to an activating group) is 1. The summed E-state index contributed by atoms with van der Waals surface area (Å²) >= 11 is 0. The largest absolute Gasteiger partial charge is 0.508 e. The molecule has 4 heteroatoms. The van der Waals surface area contributed by atoms with E-state index in [0.717, 1.165) is 17.7 Å². The second-order valence-electron chi connectivity index (χ2n) is 3.85. The number of aromatic nitrogens is 2. The average molecular weight is 229 g/mol. The molecule has 0 bridgehead atoms. The maximum Gasteiger partial charge on any atom is 0.115 e. The Balaban J connectivity index is 2.13. The number of aromatic hydroxyl groups is 1. The normalized spacial score (nSPS) is 12.3. The van der Waals surface area contributed by atoms with Gasteiger partial charge in [0.05, 0.1) is 11.7 Å². The van der Waals surface area contributed by atoms with E-state index in [1.807, 2.05) is 25.2 Å². The molecule has 0 aliphatic heterocycles. The number of nitrogens with zero attached hydrogens (tertiary/aromatic N) is 2. The molecule has 1 unspecified atom stereocenters. The van der Waals surface area contributed by atoms with Gasteiger partial charge in [-0.1, -0.05) is 12.1 Å². The van der Waals surface area contributed by atoms with E-state index in [0.29, 0.717) is 0 Å². The number of hydrogen-bond donors (Lipinski definition) is 2. The molecule has 0 spiro atoms. The number of phenolic OH excluding ortho intramolecular Hbond substituents is 1. The molecule has 2 N–H and O–H groups in total. The first-order valence-electron chi connectivity index (χ1n) is 5.50. The van der Waals surface area contributed by atoms with Crippen LogP contribution in [0.3, 0.4) is 0 Å². The predicted molar refractivity (Wildman–Crippen MR) is 65.6 cm³/mol. The van der Waals surface area contributed by atoms with Gasteiger partial charge in [-0.05, 0) is 37.2 Å². The van der Waals surface area contributed by atoms with Crippen LogP contribution in [-0.2, 0) is 6.42 Å². The summed E-state index contributed by atoms with van der Waals surface area (Å²) in [6, 6.07) is 9.29. The van der Waals surface area contributed by atoms with Crippen LogP contribution in [0.2, 0.25) is 0 Å². The molecule has 4 nitrogen and oxygen atoms in total. The average Bonchev–Trinajstić information content (AvgIpc) is 2.39. The topological polar surface area (TPSA) is 58.0 Å². The minimum Gasteiger partial charge on any atom is -0.508 e. The van der Waals surface area contributed by atoms with Crippen LogP contribution in [0.25, 0.3) is 0 Å². The Kier molecular flexibility index (Phi) is 3.67. The van der Waals surface area contributed by atoms with Gasteiger partial charge in [0.25, 0.3) is 0 Å². The molecular formula is C13H15N3O. The van der Waals surface area contributed by atoms with Gasteiger partial charge < -0.3 is 10.4 Å². The predicted octanol–water partition coefficient (Wildman–Crippen LogP) is 1.69. The van der Waals surface area contributed by atoms with Gasteiger partial charge in [-0.15, -0.1) is 0 Å². The Morgan fingerprint density at radius 3 is 2.59 bits per heavy atom. The number of benzene rings is 1. The Morgan fingerprint density at radius 2 is 2.00 bits per heavy atom. The van der Waals surface area contributed by atoms with Crippen molar-refractivity contribution in [1.82, 2.24) is 15.3 Å². The first-order valence-corrected chi connectivity index (χ1v) is 5.50. The monoisotopic (exact) mass is 229 g/mol. The van der Waals surface area contributed by atoms with Crippen LogP contribution >= 0.6 is 0 Å². The van der Waals surface area contributed by atoms with E-state index in [9.17, 15) is 5.11 Å². The molecule has 0 amide bonds. The van der Waals surface area contributed by atoms with E-state index in [1.54, 1.807) is 24.7 Å². The minimum absolute atomic E-state index is 0.155. The summed E-state index contributed by atoms with van der Waals surface area (Å²) in [5.74, 6) is 0.289. The summed E-state index contributed by atoms with van der Waals surface area (Å²) in [4.78, 5) is 8.15. The van der Waals surface area contributed by atoms with Crippen LogP contribution in [0.5, 0.6) is 5.75 Å². The number of nitrogens with one attached hydrogen (secondary N) is 1. The molecule has 2 aromatic rings. The molecule has 2 rings (SSSR count). The smallest absolute Gasteiger partial charge is 0.115 e. The molecule has 1 heterocycles. The fourth-order valence-electron chi connectivity index (χ4n) is 1.73. The summed E-state index contributed by atoms with van der Waals surface area (Å²) in [7, 11) is 1.91. The highest BCUT2D eigenvalue weighted by Gasteiger charge is 2.10. The van der Waals surface area contributed by atoms with E-state index in [-0.39, 0.29) is 11.8 Å². The lowest BCUT2D eigenvalue weighted by Gasteiger charge is -2.15. The van der Waals surface area contributed by atoms with E-state index in [1.165, 1.54) is 0 Å². The second kappa shape index (κ2) is 5.41. The van der Waals surface area contributed by atoms with Crippen LogP contribution < -0.4 is 5.32 Å². The molecule has 0 radical (unpaired) electrons. The van der Waals surface area contributed by atoms with Gasteiger partial charge in [-0.25, -0.2) is 9.97 Å². The molecule has 17 heavy (non-hydrogen) atoms. The highest BCUT2D eigenvalue weighted by molar-refractivity contribution is 5.27. The van der Waals surface area contributed by atoms with Crippen LogP contribution in [0, 0.1) is 0 Å². The van der Waals surface area contributed by atoms with E-state index < -0.39 is 0 Å². The van der Waals surface area contributed by atoms with Crippen LogP contribution in [0.4, 0.5) is 0 Å². The van der Waals surface area contributed by atoms with Crippen molar-refractivity contribution in [2.75, 3.05) is 7.05 Å². The quantitative estimate of drug-likeness (QED) is 0.837. The van der Waals surface area contributed by atoms with Crippen molar-refractivity contribution in [3.63, 3.8) is 0 Å². The maximum atomic E-state index is 9.23. The lowest BCUT2D eigenvalue weighted by Crippen LogP contribution is -2.20. The molecule has 1 aromatic heterocycles. The van der Waals surface area contributed by atoms with Gasteiger partial charge in [0.1, 0.15) is 12.1 Å². The first kappa shape index (κ1) is 11.5. The zero-order valence-electron chi connectivity index (χ0n) is 9.67. The van der Waals surface area contributed by atoms with Gasteiger partial charge in [0.2, 0.25) is 0 Å². The van der Waals surface area contributed by atoms with Crippen molar-refractivity contribution in [2.24, 2.45) is 0 Å². The Hall–Kier alpha value is -1.94. The Bertz CT molecular complexity index is 456. The Morgan fingerprint density at radius 1 is 1.24 bits per heavy atom. The zero-order chi connectivity index (χ0) is 12.1. The number of hydrogen-bond acceptors (Lipinski definition) is 4. The molecule has 0 saturated heterocycles. The van der Waals surface area contributed by atoms with Crippen LogP contribution in [0.1, 0.15) is 17.3 Å². The standard InChI is InChI=1S/C13H15N3O/c1-14-13(12-6-7-15-9-16-12)8-10-2-4-11(17)5-3-10/h2-7,9,13-14,17H,8H2,1H3. The van der Waals surface area contributed by atoms with Crippen molar-refractivity contribution >= 4 is 0 Å². The fraction of sp³-hybridized carbons (Fsp3) is 0.231. The third kappa shape index (κ3) is 3.01. The highest BCUT2D eigenvalue weighted by atomic mass is 16.3. The van der Waals surface area contributed by atoms with Gasteiger partial charge in [-0.2, -0.15) is 0 Å². The van der Waals surface area contributed by atoms with Crippen molar-refractivity contribution in [3.8, 4) is 5.75 Å². The summed E-state index contributed by atoms with van der Waals surface area (Å²) in [5.41, 5.74) is 2.12. The summed E-state index contributed by atoms with van der Waals surface area (Å²) < 4.78 is 0. The van der Waals surface area contributed by atoms with Crippen molar-refractivity contribution < 1.29 is 5.11 Å². The van der Waals surface area contributed by atoms with Gasteiger partial charge in [-0.3, -0.25) is 0 Å². The summed E-state index contributed by atoms with van der Waals surface area (Å²) in [6.45, 7) is 0. The lowest BCUT2D eigenvalue weighted by molar-refractivity contribution is 0.474. The molecule has 0 saturated carbocycles. The second-order valence-corrected chi connectivity index (χ2v) is 3.85. The lowest BCUT2D eigenvalue weighted by atomic mass is 10.0. The van der Waals surface area contributed by atoms with Crippen molar-refractivity contribution in [3.05, 3.63) is 54.1 Å². The molecule has 0 aliphatic rings. The fourth-order valence-corrected chi connectivity index (χ4v) is 1.73. The summed E-state index contributed by atoms with van der Waals surface area (Å²) in [6.07, 6.45) is 4.12. The van der Waals surface area contributed by atoms with Gasteiger partial charge >= 0.3 is 0 Å². The van der Waals surface area contributed by atoms with Crippen LogP contribution in [0.15, 0.2) is 42.9 Å². The van der Waals surface area contributed by atoms with Crippen molar-refractivity contribution in [1.29, 1.82) is 0 Å². The number of rotatable bonds is 4. The first-order chi connectivity index (χ1) is 8.29. The molecule has 0 aliphatic carbocycles. The van der Waals surface area contributed by atoms with E-state index in [4.69, 9.17) is 0 Å². The molecule has 1 aromatic carbocycles. The highest BCUT2D eigenvalue weighted by Crippen LogP contribution is 2.17. The SMILES string of the molecule is CNC(Cc1ccc(O)cc1)c1ccncn1. The van der Waals surface area contributed by atoms with Crippen molar-refractivity contribution in [2.45, 2.75) is 12.5 Å². The minimum atomic E-state index is 0.155. The number of phenols is 1. The molecule has 88 valence electrons. The Labute approximate surface area is 100 Å². The van der Waals surface area contributed by atoms with Crippen LogP contribution in [-0.4, -0.2) is 22.1 Å². The summed E-state index contributed by atoms with van der Waals surface area (Å²) in [5, 5.41) is 12.5.